The number of likely N-dealkylation sites (N-methyl/N-ethyl adjacent to an activating group) is 1. The molecule has 3 nitrogen and oxygen atoms in total. The molecule has 1 N–H and O–H groups in total. The van der Waals surface area contributed by atoms with E-state index in [1.165, 1.54) is 0 Å². The van der Waals surface area contributed by atoms with Gasteiger partial charge in [0, 0.05) is 31.9 Å². The lowest BCUT2D eigenvalue weighted by molar-refractivity contribution is 0.589. The van der Waals surface area contributed by atoms with Crippen molar-refractivity contribution in [3.8, 4) is 6.07 Å². The number of anilines is 1. The molecule has 0 aliphatic rings. The van der Waals surface area contributed by atoms with E-state index in [-0.39, 0.29) is 0 Å². The van der Waals surface area contributed by atoms with Crippen LogP contribution in [0.4, 0.5) is 5.69 Å². The minimum absolute atomic E-state index is 0.513. The largest absolute Gasteiger partial charge is 0.373 e. The maximum absolute atomic E-state index is 8.81. The van der Waals surface area contributed by atoms with Crippen LogP contribution < -0.4 is 10.2 Å². The molecule has 0 bridgehead atoms. The Morgan fingerprint density at radius 2 is 2.19 bits per heavy atom. The van der Waals surface area contributed by atoms with Crippen LogP contribution in [0, 0.1) is 11.3 Å². The van der Waals surface area contributed by atoms with Gasteiger partial charge in [-0.1, -0.05) is 19.9 Å². The predicted octanol–water partition coefficient (Wildman–Crippen LogP) is 1.99. The molecular formula is C13H19N3. The maximum Gasteiger partial charge on any atom is 0.0992 e. The maximum atomic E-state index is 8.81. The Bertz CT molecular complexity index is 366. The molecule has 0 aliphatic heterocycles. The van der Waals surface area contributed by atoms with Crippen LogP contribution in [0.15, 0.2) is 24.3 Å². The Morgan fingerprint density at radius 3 is 2.81 bits per heavy atom. The van der Waals surface area contributed by atoms with E-state index in [1.807, 2.05) is 31.3 Å². The molecule has 0 saturated heterocycles. The fourth-order valence-corrected chi connectivity index (χ4v) is 1.46. The second-order valence-electron chi connectivity index (χ2n) is 4.19. The van der Waals surface area contributed by atoms with E-state index in [1.54, 1.807) is 0 Å². The van der Waals surface area contributed by atoms with Gasteiger partial charge in [-0.25, -0.2) is 0 Å². The van der Waals surface area contributed by atoms with Gasteiger partial charge in [-0.3, -0.25) is 0 Å². The molecule has 1 aromatic carbocycles. The molecule has 0 atom stereocenters. The number of nitrogens with one attached hydrogen (secondary N) is 1. The van der Waals surface area contributed by atoms with E-state index < -0.39 is 0 Å². The van der Waals surface area contributed by atoms with Crippen molar-refractivity contribution in [2.75, 3.05) is 25.0 Å². The summed E-state index contributed by atoms with van der Waals surface area (Å²) >= 11 is 0. The molecule has 0 amide bonds. The highest BCUT2D eigenvalue weighted by Gasteiger charge is 2.01. The number of nitrogens with zero attached hydrogens (tertiary/aromatic N) is 2. The van der Waals surface area contributed by atoms with Crippen molar-refractivity contribution in [3.63, 3.8) is 0 Å². The first-order chi connectivity index (χ1) is 7.63. The van der Waals surface area contributed by atoms with Gasteiger partial charge in [-0.2, -0.15) is 5.26 Å². The first kappa shape index (κ1) is 12.5. The Morgan fingerprint density at radius 1 is 1.44 bits per heavy atom. The van der Waals surface area contributed by atoms with Gasteiger partial charge in [0.25, 0.3) is 0 Å². The number of benzene rings is 1. The molecule has 1 aromatic rings. The molecule has 1 rings (SSSR count). The number of hydrogen-bond donors (Lipinski definition) is 1. The van der Waals surface area contributed by atoms with E-state index in [0.717, 1.165) is 18.8 Å². The van der Waals surface area contributed by atoms with E-state index >= 15 is 0 Å². The monoisotopic (exact) mass is 217 g/mol. The molecule has 3 heteroatoms. The Balaban J connectivity index is 2.52. The second-order valence-corrected chi connectivity index (χ2v) is 4.19. The summed E-state index contributed by atoms with van der Waals surface area (Å²) in [7, 11) is 2.04. The summed E-state index contributed by atoms with van der Waals surface area (Å²) in [5.41, 5.74) is 1.80. The van der Waals surface area contributed by atoms with Crippen LogP contribution in [0.3, 0.4) is 0 Å². The van der Waals surface area contributed by atoms with Crippen LogP contribution >= 0.6 is 0 Å². The molecule has 0 radical (unpaired) electrons. The van der Waals surface area contributed by atoms with Crippen LogP contribution in [0.1, 0.15) is 19.4 Å². The van der Waals surface area contributed by atoms with E-state index in [0.29, 0.717) is 11.6 Å². The smallest absolute Gasteiger partial charge is 0.0992 e. The van der Waals surface area contributed by atoms with Crippen LogP contribution in [0.5, 0.6) is 0 Å². The van der Waals surface area contributed by atoms with E-state index in [9.17, 15) is 0 Å². The van der Waals surface area contributed by atoms with Crippen molar-refractivity contribution in [1.29, 1.82) is 5.26 Å². The van der Waals surface area contributed by atoms with E-state index in [4.69, 9.17) is 5.26 Å². The van der Waals surface area contributed by atoms with Crippen LogP contribution in [0.25, 0.3) is 0 Å². The first-order valence-corrected chi connectivity index (χ1v) is 5.58. The fourth-order valence-electron chi connectivity index (χ4n) is 1.46. The zero-order chi connectivity index (χ0) is 12.0. The van der Waals surface area contributed by atoms with Crippen LogP contribution in [-0.4, -0.2) is 26.2 Å². The molecular weight excluding hydrogens is 198 g/mol. The van der Waals surface area contributed by atoms with Crippen molar-refractivity contribution < 1.29 is 0 Å². The lowest BCUT2D eigenvalue weighted by Gasteiger charge is -2.20. The van der Waals surface area contributed by atoms with Gasteiger partial charge in [0.2, 0.25) is 0 Å². The predicted molar refractivity (Wildman–Crippen MR) is 67.6 cm³/mol. The summed E-state index contributed by atoms with van der Waals surface area (Å²) in [6.07, 6.45) is 0. The lowest BCUT2D eigenvalue weighted by atomic mass is 10.2. The molecule has 0 spiro atoms. The normalized spacial score (nSPS) is 10.2. The minimum atomic E-state index is 0.513. The molecule has 86 valence electrons. The highest BCUT2D eigenvalue weighted by Crippen LogP contribution is 2.13. The van der Waals surface area contributed by atoms with Gasteiger partial charge >= 0.3 is 0 Å². The van der Waals surface area contributed by atoms with Crippen LogP contribution in [0.2, 0.25) is 0 Å². The number of hydrogen-bond acceptors (Lipinski definition) is 3. The Kier molecular flexibility index (Phi) is 4.81. The third kappa shape index (κ3) is 3.92. The summed E-state index contributed by atoms with van der Waals surface area (Å²) in [5, 5.41) is 12.2. The van der Waals surface area contributed by atoms with Crippen LogP contribution in [-0.2, 0) is 0 Å². The zero-order valence-corrected chi connectivity index (χ0v) is 10.2. The fraction of sp³-hybridized carbons (Fsp3) is 0.462. The summed E-state index contributed by atoms with van der Waals surface area (Å²) in [4.78, 5) is 2.15. The zero-order valence-electron chi connectivity index (χ0n) is 10.2. The van der Waals surface area contributed by atoms with Gasteiger partial charge in [-0.15, -0.1) is 0 Å². The second kappa shape index (κ2) is 6.14. The van der Waals surface area contributed by atoms with E-state index in [2.05, 4.69) is 30.1 Å². The number of rotatable bonds is 5. The quantitative estimate of drug-likeness (QED) is 0.820. The summed E-state index contributed by atoms with van der Waals surface area (Å²) in [6.45, 7) is 6.16. The Hall–Kier alpha value is -1.53. The number of nitriles is 1. The van der Waals surface area contributed by atoms with Crippen molar-refractivity contribution in [2.45, 2.75) is 19.9 Å². The van der Waals surface area contributed by atoms with Crippen molar-refractivity contribution in [1.82, 2.24) is 5.32 Å². The molecule has 0 fully saturated rings. The van der Waals surface area contributed by atoms with Gasteiger partial charge in [0.15, 0.2) is 0 Å². The molecule has 0 saturated carbocycles. The lowest BCUT2D eigenvalue weighted by Crippen LogP contribution is -2.32. The SMILES string of the molecule is CC(C)NCCN(C)c1cccc(C#N)c1. The molecule has 0 unspecified atom stereocenters. The van der Waals surface area contributed by atoms with Gasteiger partial charge < -0.3 is 10.2 Å². The Labute approximate surface area is 97.7 Å². The third-order valence-corrected chi connectivity index (χ3v) is 2.42. The summed E-state index contributed by atoms with van der Waals surface area (Å²) < 4.78 is 0. The molecule has 0 aliphatic carbocycles. The van der Waals surface area contributed by atoms with Gasteiger partial charge in [0.1, 0.15) is 0 Å². The average Bonchev–Trinajstić information content (AvgIpc) is 2.28. The molecule has 16 heavy (non-hydrogen) atoms. The topological polar surface area (TPSA) is 39.1 Å². The average molecular weight is 217 g/mol. The first-order valence-electron chi connectivity index (χ1n) is 5.58. The highest BCUT2D eigenvalue weighted by atomic mass is 15.1. The highest BCUT2D eigenvalue weighted by molar-refractivity contribution is 5.50. The molecule has 0 aromatic heterocycles. The van der Waals surface area contributed by atoms with Crippen molar-refractivity contribution in [3.05, 3.63) is 29.8 Å². The standard InChI is InChI=1S/C13H19N3/c1-11(2)15-7-8-16(3)13-6-4-5-12(9-13)10-14/h4-6,9,11,15H,7-8H2,1-3H3. The van der Waals surface area contributed by atoms with Crippen molar-refractivity contribution in [2.24, 2.45) is 0 Å². The van der Waals surface area contributed by atoms with Crippen molar-refractivity contribution >= 4 is 5.69 Å². The van der Waals surface area contributed by atoms with Gasteiger partial charge in [0.05, 0.1) is 11.6 Å². The molecule has 0 heterocycles. The summed E-state index contributed by atoms with van der Waals surface area (Å²) in [5.74, 6) is 0. The van der Waals surface area contributed by atoms with Gasteiger partial charge in [-0.05, 0) is 18.2 Å². The third-order valence-electron chi connectivity index (χ3n) is 2.42. The summed E-state index contributed by atoms with van der Waals surface area (Å²) in [6, 6.07) is 10.3. The minimum Gasteiger partial charge on any atom is -0.373 e.